The summed E-state index contributed by atoms with van der Waals surface area (Å²) in [7, 11) is 3.87. The van der Waals surface area contributed by atoms with E-state index in [-0.39, 0.29) is 41.6 Å². The summed E-state index contributed by atoms with van der Waals surface area (Å²) in [5.41, 5.74) is 1.53. The van der Waals surface area contributed by atoms with Crippen LogP contribution in [0.4, 0.5) is 0 Å². The van der Waals surface area contributed by atoms with Crippen LogP contribution in [0.5, 0.6) is 17.2 Å². The van der Waals surface area contributed by atoms with E-state index in [1.807, 2.05) is 60.7 Å². The van der Waals surface area contributed by atoms with Crippen LogP contribution in [0.15, 0.2) is 66.7 Å². The SMILES string of the molecule is COC(=O)c1c(OCc2ccccc2)cc(OC)c(OCc2ccccc2)c1C(=O)OC. The zero-order valence-electron chi connectivity index (χ0n) is 18.1. The van der Waals surface area contributed by atoms with Gasteiger partial charge in [-0.2, -0.15) is 0 Å². The third kappa shape index (κ3) is 5.18. The highest BCUT2D eigenvalue weighted by Crippen LogP contribution is 2.41. The minimum absolute atomic E-state index is 0.0654. The molecule has 7 heteroatoms. The number of carbonyl (C=O) groups excluding carboxylic acids is 2. The van der Waals surface area contributed by atoms with Gasteiger partial charge >= 0.3 is 11.9 Å². The topological polar surface area (TPSA) is 80.3 Å². The van der Waals surface area contributed by atoms with E-state index in [9.17, 15) is 9.59 Å². The fourth-order valence-corrected chi connectivity index (χ4v) is 3.09. The Hall–Kier alpha value is -4.00. The van der Waals surface area contributed by atoms with Crippen LogP contribution in [0, 0.1) is 0 Å². The molecule has 7 nitrogen and oxygen atoms in total. The molecule has 0 amide bonds. The molecule has 0 saturated heterocycles. The molecule has 32 heavy (non-hydrogen) atoms. The van der Waals surface area contributed by atoms with Crippen LogP contribution in [0.3, 0.4) is 0 Å². The Labute approximate surface area is 186 Å². The molecule has 0 bridgehead atoms. The number of ether oxygens (including phenoxy) is 5. The summed E-state index contributed by atoms with van der Waals surface area (Å²) in [6.07, 6.45) is 0. The highest BCUT2D eigenvalue weighted by molar-refractivity contribution is 6.07. The van der Waals surface area contributed by atoms with E-state index < -0.39 is 11.9 Å². The van der Waals surface area contributed by atoms with Gasteiger partial charge in [0.2, 0.25) is 0 Å². The summed E-state index contributed by atoms with van der Waals surface area (Å²) in [6, 6.07) is 20.3. The predicted octanol–water partition coefficient (Wildman–Crippen LogP) is 4.43. The van der Waals surface area contributed by atoms with Gasteiger partial charge in [0.1, 0.15) is 30.1 Å². The van der Waals surface area contributed by atoms with Crippen molar-refractivity contribution in [1.29, 1.82) is 0 Å². The van der Waals surface area contributed by atoms with E-state index in [1.54, 1.807) is 0 Å². The molecular weight excluding hydrogens is 412 g/mol. The van der Waals surface area contributed by atoms with Crippen LogP contribution in [0.25, 0.3) is 0 Å². The Kier molecular flexibility index (Phi) is 7.70. The lowest BCUT2D eigenvalue weighted by atomic mass is 10.0. The van der Waals surface area contributed by atoms with Gasteiger partial charge in [0, 0.05) is 6.07 Å². The van der Waals surface area contributed by atoms with Crippen molar-refractivity contribution in [2.75, 3.05) is 21.3 Å². The second-order valence-electron chi connectivity index (χ2n) is 6.69. The Bertz CT molecular complexity index is 1060. The summed E-state index contributed by atoms with van der Waals surface area (Å²) in [5, 5.41) is 0. The molecule has 0 aliphatic carbocycles. The summed E-state index contributed by atoms with van der Waals surface area (Å²) in [5.74, 6) is -1.14. The molecule has 0 fully saturated rings. The van der Waals surface area contributed by atoms with E-state index in [4.69, 9.17) is 23.7 Å². The normalized spacial score (nSPS) is 10.2. The van der Waals surface area contributed by atoms with Gasteiger partial charge in [-0.25, -0.2) is 9.59 Å². The second-order valence-corrected chi connectivity index (χ2v) is 6.69. The molecule has 0 aliphatic rings. The van der Waals surface area contributed by atoms with Gasteiger partial charge in [-0.3, -0.25) is 0 Å². The van der Waals surface area contributed by atoms with Crippen LogP contribution in [0.1, 0.15) is 31.8 Å². The van der Waals surface area contributed by atoms with E-state index in [0.717, 1.165) is 11.1 Å². The maximum absolute atomic E-state index is 12.8. The number of esters is 2. The summed E-state index contributed by atoms with van der Waals surface area (Å²) < 4.78 is 27.2. The van der Waals surface area contributed by atoms with Crippen molar-refractivity contribution in [1.82, 2.24) is 0 Å². The van der Waals surface area contributed by atoms with Crippen molar-refractivity contribution in [3.8, 4) is 17.2 Å². The van der Waals surface area contributed by atoms with Crippen molar-refractivity contribution < 1.29 is 33.3 Å². The van der Waals surface area contributed by atoms with Gasteiger partial charge in [0.05, 0.1) is 21.3 Å². The number of methoxy groups -OCH3 is 3. The molecule has 0 aliphatic heterocycles. The molecule has 0 N–H and O–H groups in total. The molecule has 3 aromatic rings. The minimum Gasteiger partial charge on any atom is -0.493 e. The van der Waals surface area contributed by atoms with Crippen molar-refractivity contribution in [3.63, 3.8) is 0 Å². The molecular formula is C25H24O7. The van der Waals surface area contributed by atoms with Gasteiger partial charge in [-0.15, -0.1) is 0 Å². The summed E-state index contributed by atoms with van der Waals surface area (Å²) in [6.45, 7) is 0.310. The molecule has 0 spiro atoms. The third-order valence-electron chi connectivity index (χ3n) is 4.67. The van der Waals surface area contributed by atoms with Crippen molar-refractivity contribution in [3.05, 3.63) is 89.0 Å². The van der Waals surface area contributed by atoms with Gasteiger partial charge in [0.25, 0.3) is 0 Å². The van der Waals surface area contributed by atoms with Crippen LogP contribution in [-0.2, 0) is 22.7 Å². The Morgan fingerprint density at radius 2 is 1.16 bits per heavy atom. The fraction of sp³-hybridized carbons (Fsp3) is 0.200. The zero-order chi connectivity index (χ0) is 22.9. The predicted molar refractivity (Wildman–Crippen MR) is 117 cm³/mol. The Morgan fingerprint density at radius 1 is 0.656 bits per heavy atom. The minimum atomic E-state index is -0.781. The molecule has 0 heterocycles. The monoisotopic (exact) mass is 436 g/mol. The third-order valence-corrected chi connectivity index (χ3v) is 4.67. The number of hydrogen-bond donors (Lipinski definition) is 0. The van der Waals surface area contributed by atoms with E-state index in [2.05, 4.69) is 0 Å². The smallest absolute Gasteiger partial charge is 0.342 e. The van der Waals surface area contributed by atoms with E-state index in [0.29, 0.717) is 0 Å². The van der Waals surface area contributed by atoms with Gasteiger partial charge in [0.15, 0.2) is 11.5 Å². The van der Waals surface area contributed by atoms with Crippen molar-refractivity contribution >= 4 is 11.9 Å². The van der Waals surface area contributed by atoms with E-state index in [1.165, 1.54) is 27.4 Å². The number of benzene rings is 3. The zero-order valence-corrected chi connectivity index (χ0v) is 18.1. The average Bonchev–Trinajstić information content (AvgIpc) is 2.85. The molecule has 3 rings (SSSR count). The first-order chi connectivity index (χ1) is 15.6. The molecule has 0 radical (unpaired) electrons. The molecule has 0 atom stereocenters. The lowest BCUT2D eigenvalue weighted by Crippen LogP contribution is -2.17. The lowest BCUT2D eigenvalue weighted by Gasteiger charge is -2.20. The maximum Gasteiger partial charge on any atom is 0.342 e. The van der Waals surface area contributed by atoms with Crippen LogP contribution < -0.4 is 14.2 Å². The molecule has 0 unspecified atom stereocenters. The first-order valence-electron chi connectivity index (χ1n) is 9.84. The molecule has 0 aromatic heterocycles. The maximum atomic E-state index is 12.8. The highest BCUT2D eigenvalue weighted by Gasteiger charge is 2.31. The summed E-state index contributed by atoms with van der Waals surface area (Å²) in [4.78, 5) is 25.5. The fourth-order valence-electron chi connectivity index (χ4n) is 3.09. The number of carbonyl (C=O) groups is 2. The standard InChI is InChI=1S/C25H24O7/c1-28-20-14-19(31-15-17-10-6-4-7-11-17)21(24(26)29-2)22(25(27)30-3)23(20)32-16-18-12-8-5-9-13-18/h4-14H,15-16H2,1-3H3. The van der Waals surface area contributed by atoms with Gasteiger partial charge < -0.3 is 23.7 Å². The Morgan fingerprint density at radius 3 is 1.66 bits per heavy atom. The number of hydrogen-bond acceptors (Lipinski definition) is 7. The van der Waals surface area contributed by atoms with Crippen LogP contribution >= 0.6 is 0 Å². The number of rotatable bonds is 9. The van der Waals surface area contributed by atoms with Crippen molar-refractivity contribution in [2.24, 2.45) is 0 Å². The average molecular weight is 436 g/mol. The first kappa shape index (κ1) is 22.7. The van der Waals surface area contributed by atoms with E-state index >= 15 is 0 Å². The first-order valence-corrected chi connectivity index (χ1v) is 9.84. The Balaban J connectivity index is 2.08. The molecule has 0 saturated carbocycles. The van der Waals surface area contributed by atoms with Crippen LogP contribution in [-0.4, -0.2) is 33.3 Å². The highest BCUT2D eigenvalue weighted by atomic mass is 16.5. The largest absolute Gasteiger partial charge is 0.493 e. The second kappa shape index (κ2) is 10.9. The van der Waals surface area contributed by atoms with Gasteiger partial charge in [-0.05, 0) is 11.1 Å². The van der Waals surface area contributed by atoms with Crippen LogP contribution in [0.2, 0.25) is 0 Å². The van der Waals surface area contributed by atoms with Crippen molar-refractivity contribution in [2.45, 2.75) is 13.2 Å². The summed E-state index contributed by atoms with van der Waals surface area (Å²) >= 11 is 0. The molecule has 3 aromatic carbocycles. The quantitative estimate of drug-likeness (QED) is 0.459. The lowest BCUT2D eigenvalue weighted by molar-refractivity contribution is 0.0545. The van der Waals surface area contributed by atoms with Gasteiger partial charge in [-0.1, -0.05) is 60.7 Å². The molecule has 166 valence electrons.